The summed E-state index contributed by atoms with van der Waals surface area (Å²) in [5, 5.41) is 9.15. The van der Waals surface area contributed by atoms with Crippen LogP contribution in [0.15, 0.2) is 66.3 Å². The highest BCUT2D eigenvalue weighted by Gasteiger charge is 2.39. The molecule has 2 aromatic carbocycles. The summed E-state index contributed by atoms with van der Waals surface area (Å²) in [5.74, 6) is -0.575. The van der Waals surface area contributed by atoms with Crippen molar-refractivity contribution >= 4 is 11.5 Å². The van der Waals surface area contributed by atoms with E-state index in [4.69, 9.17) is 9.84 Å². The van der Waals surface area contributed by atoms with Crippen molar-refractivity contribution in [3.05, 3.63) is 83.2 Å². The summed E-state index contributed by atoms with van der Waals surface area (Å²) in [6.07, 6.45) is 4.11. The molecule has 0 aliphatic carbocycles. The monoisotopic (exact) mass is 352 g/mol. The molecule has 0 spiro atoms. The molecule has 1 N–H and O–H groups in total. The van der Waals surface area contributed by atoms with Crippen LogP contribution >= 0.6 is 0 Å². The maximum Gasteiger partial charge on any atom is 0.328 e. The number of hydrogen-bond acceptors (Lipinski definition) is 2. The highest BCUT2D eigenvalue weighted by molar-refractivity contribution is 5.90. The number of rotatable bonds is 5. The summed E-state index contributed by atoms with van der Waals surface area (Å²) >= 11 is 0. The molecule has 0 bridgehead atoms. The van der Waals surface area contributed by atoms with E-state index in [-0.39, 0.29) is 5.82 Å². The minimum atomic E-state index is -1.02. The van der Waals surface area contributed by atoms with Gasteiger partial charge in [0, 0.05) is 17.2 Å². The predicted molar refractivity (Wildman–Crippen MR) is 99.6 cm³/mol. The largest absolute Gasteiger partial charge is 0.482 e. The van der Waals surface area contributed by atoms with Crippen molar-refractivity contribution in [2.75, 3.05) is 0 Å². The van der Waals surface area contributed by atoms with Crippen molar-refractivity contribution in [3.8, 4) is 5.75 Å². The Morgan fingerprint density at radius 1 is 1.12 bits per heavy atom. The first-order valence-corrected chi connectivity index (χ1v) is 8.71. The minimum Gasteiger partial charge on any atom is -0.482 e. The lowest BCUT2D eigenvalue weighted by atomic mass is 9.78. The quantitative estimate of drug-likeness (QED) is 0.751. The molecule has 0 saturated carbocycles. The molecule has 3 rings (SSSR count). The molecule has 2 aromatic rings. The maximum absolute atomic E-state index is 13.5. The fraction of sp³-hybridized carbons (Fsp3) is 0.227. The van der Waals surface area contributed by atoms with Crippen LogP contribution in [0.25, 0.3) is 5.57 Å². The van der Waals surface area contributed by atoms with Gasteiger partial charge in [-0.2, -0.15) is 0 Å². The van der Waals surface area contributed by atoms with Gasteiger partial charge in [-0.15, -0.1) is 0 Å². The number of para-hydroxylation sites is 1. The number of hydrogen-bond donors (Lipinski definition) is 1. The van der Waals surface area contributed by atoms with E-state index in [1.807, 2.05) is 38.1 Å². The van der Waals surface area contributed by atoms with Gasteiger partial charge in [0.05, 0.1) is 0 Å². The molecule has 0 unspecified atom stereocenters. The number of carboxylic acids is 1. The summed E-state index contributed by atoms with van der Waals surface area (Å²) in [5.41, 5.74) is 2.76. The second-order valence-corrected chi connectivity index (χ2v) is 6.27. The van der Waals surface area contributed by atoms with Crippen molar-refractivity contribution in [3.63, 3.8) is 0 Å². The first kappa shape index (κ1) is 17.9. The number of benzene rings is 2. The van der Waals surface area contributed by atoms with Gasteiger partial charge >= 0.3 is 5.97 Å². The Hall–Kier alpha value is -2.88. The number of carboxylic acid groups (broad SMARTS) is 1. The average Bonchev–Trinajstić information content (AvgIpc) is 2.65. The van der Waals surface area contributed by atoms with Crippen molar-refractivity contribution in [1.29, 1.82) is 0 Å². The van der Waals surface area contributed by atoms with Crippen LogP contribution in [0.3, 0.4) is 0 Å². The smallest absolute Gasteiger partial charge is 0.328 e. The lowest BCUT2D eigenvalue weighted by Crippen LogP contribution is -2.39. The number of carbonyl (C=O) groups is 1. The summed E-state index contributed by atoms with van der Waals surface area (Å²) in [6, 6.07) is 13.9. The molecule has 1 aliphatic rings. The standard InChI is InChI=1S/C22H21FO3/c1-3-22(4-2)18(13-14-20(24)25)21(15-9-11-16(23)12-10-15)17-7-5-6-8-19(17)26-22/h5-14H,3-4H2,1-2H3,(H,24,25)/b14-13+. The third-order valence-corrected chi connectivity index (χ3v) is 4.89. The first-order valence-electron chi connectivity index (χ1n) is 8.71. The fourth-order valence-electron chi connectivity index (χ4n) is 3.49. The van der Waals surface area contributed by atoms with Gasteiger partial charge < -0.3 is 9.84 Å². The molecule has 0 fully saturated rings. The maximum atomic E-state index is 13.5. The van der Waals surface area contributed by atoms with E-state index in [1.165, 1.54) is 12.1 Å². The number of halogens is 1. The van der Waals surface area contributed by atoms with E-state index < -0.39 is 11.6 Å². The van der Waals surface area contributed by atoms with Gasteiger partial charge in [-0.3, -0.25) is 0 Å². The van der Waals surface area contributed by atoms with Crippen LogP contribution in [0.2, 0.25) is 0 Å². The molecule has 26 heavy (non-hydrogen) atoms. The van der Waals surface area contributed by atoms with Crippen LogP contribution in [-0.4, -0.2) is 16.7 Å². The zero-order valence-electron chi connectivity index (χ0n) is 14.8. The predicted octanol–water partition coefficient (Wildman–Crippen LogP) is 5.22. The Labute approximate surface area is 152 Å². The topological polar surface area (TPSA) is 46.5 Å². The summed E-state index contributed by atoms with van der Waals surface area (Å²) in [4.78, 5) is 11.2. The van der Waals surface area contributed by atoms with E-state index in [2.05, 4.69) is 0 Å². The van der Waals surface area contributed by atoms with E-state index in [0.717, 1.165) is 34.1 Å². The van der Waals surface area contributed by atoms with Crippen LogP contribution in [0, 0.1) is 5.82 Å². The van der Waals surface area contributed by atoms with Crippen LogP contribution in [0.1, 0.15) is 37.8 Å². The summed E-state index contributed by atoms with van der Waals surface area (Å²) in [7, 11) is 0. The number of fused-ring (bicyclic) bond motifs is 1. The Bertz CT molecular complexity index is 875. The van der Waals surface area contributed by atoms with Gasteiger partial charge in [-0.25, -0.2) is 9.18 Å². The summed E-state index contributed by atoms with van der Waals surface area (Å²) < 4.78 is 19.8. The molecular formula is C22H21FO3. The first-order chi connectivity index (χ1) is 12.5. The summed E-state index contributed by atoms with van der Waals surface area (Å²) in [6.45, 7) is 4.04. The lowest BCUT2D eigenvalue weighted by Gasteiger charge is -2.40. The molecule has 0 saturated heterocycles. The highest BCUT2D eigenvalue weighted by Crippen LogP contribution is 2.47. The van der Waals surface area contributed by atoms with Crippen molar-refractivity contribution in [1.82, 2.24) is 0 Å². The number of ether oxygens (including phenoxy) is 1. The lowest BCUT2D eigenvalue weighted by molar-refractivity contribution is -0.131. The minimum absolute atomic E-state index is 0.311. The molecule has 4 heteroatoms. The molecule has 0 amide bonds. The Morgan fingerprint density at radius 2 is 1.77 bits per heavy atom. The van der Waals surface area contributed by atoms with Crippen molar-refractivity contribution < 1.29 is 19.0 Å². The van der Waals surface area contributed by atoms with Crippen LogP contribution in [0.5, 0.6) is 5.75 Å². The van der Waals surface area contributed by atoms with E-state index in [9.17, 15) is 9.18 Å². The van der Waals surface area contributed by atoms with Crippen LogP contribution in [-0.2, 0) is 4.79 Å². The second-order valence-electron chi connectivity index (χ2n) is 6.27. The molecule has 0 radical (unpaired) electrons. The zero-order chi connectivity index (χ0) is 18.7. The normalized spacial score (nSPS) is 15.7. The molecule has 3 nitrogen and oxygen atoms in total. The van der Waals surface area contributed by atoms with Gasteiger partial charge in [-0.05, 0) is 48.3 Å². The third-order valence-electron chi connectivity index (χ3n) is 4.89. The number of aliphatic carboxylic acids is 1. The molecular weight excluding hydrogens is 331 g/mol. The van der Waals surface area contributed by atoms with Gasteiger partial charge in [-0.1, -0.05) is 44.2 Å². The van der Waals surface area contributed by atoms with Gasteiger partial charge in [0.15, 0.2) is 0 Å². The third kappa shape index (κ3) is 3.15. The Morgan fingerprint density at radius 3 is 2.38 bits per heavy atom. The Kier molecular flexibility index (Phi) is 4.94. The van der Waals surface area contributed by atoms with E-state index in [0.29, 0.717) is 12.8 Å². The van der Waals surface area contributed by atoms with E-state index in [1.54, 1.807) is 18.2 Å². The van der Waals surface area contributed by atoms with Gasteiger partial charge in [0.25, 0.3) is 0 Å². The SMILES string of the molecule is CCC1(CC)Oc2ccccc2C(c2ccc(F)cc2)=C1/C=C/C(=O)O. The second kappa shape index (κ2) is 7.16. The molecule has 134 valence electrons. The van der Waals surface area contributed by atoms with E-state index >= 15 is 0 Å². The van der Waals surface area contributed by atoms with Gasteiger partial charge in [0.1, 0.15) is 17.2 Å². The fourth-order valence-corrected chi connectivity index (χ4v) is 3.49. The van der Waals surface area contributed by atoms with Crippen LogP contribution < -0.4 is 4.74 Å². The van der Waals surface area contributed by atoms with Gasteiger partial charge in [0.2, 0.25) is 0 Å². The van der Waals surface area contributed by atoms with Crippen LogP contribution in [0.4, 0.5) is 4.39 Å². The zero-order valence-corrected chi connectivity index (χ0v) is 14.8. The Balaban J connectivity index is 2.36. The molecule has 1 aliphatic heterocycles. The van der Waals surface area contributed by atoms with Crippen molar-refractivity contribution in [2.45, 2.75) is 32.3 Å². The molecule has 0 aromatic heterocycles. The van der Waals surface area contributed by atoms with Crippen molar-refractivity contribution in [2.24, 2.45) is 0 Å². The molecule has 1 heterocycles. The molecule has 0 atom stereocenters. The highest BCUT2D eigenvalue weighted by atomic mass is 19.1. The average molecular weight is 352 g/mol.